The highest BCUT2D eigenvalue weighted by Crippen LogP contribution is 2.31. The Balaban J connectivity index is 1.20. The summed E-state index contributed by atoms with van der Waals surface area (Å²) in [6.45, 7) is 4.90. The van der Waals surface area contributed by atoms with Crippen LogP contribution in [0.1, 0.15) is 24.0 Å². The lowest BCUT2D eigenvalue weighted by atomic mass is 10.0. The van der Waals surface area contributed by atoms with E-state index in [0.717, 1.165) is 85.6 Å². The molecule has 0 aliphatic carbocycles. The van der Waals surface area contributed by atoms with Crippen molar-refractivity contribution in [3.8, 4) is 6.07 Å². The van der Waals surface area contributed by atoms with Crippen molar-refractivity contribution in [2.45, 2.75) is 19.3 Å². The molecular weight excluding hydrogens is 456 g/mol. The molecule has 0 unspecified atom stereocenters. The Hall–Kier alpha value is -3.89. The van der Waals surface area contributed by atoms with Gasteiger partial charge >= 0.3 is 0 Å². The van der Waals surface area contributed by atoms with Crippen molar-refractivity contribution in [2.24, 2.45) is 0 Å². The van der Waals surface area contributed by atoms with E-state index in [0.29, 0.717) is 5.56 Å². The molecule has 184 valence electrons. The minimum atomic E-state index is -0.269. The number of nitrogens with one attached hydrogen (secondary N) is 2. The number of hydrogen-bond acceptors (Lipinski definition) is 4. The summed E-state index contributed by atoms with van der Waals surface area (Å²) in [5.74, 6) is 0.418. The third kappa shape index (κ3) is 5.50. The minimum absolute atomic E-state index is 0.201. The van der Waals surface area contributed by atoms with Gasteiger partial charge in [0, 0.05) is 54.0 Å². The van der Waals surface area contributed by atoms with Gasteiger partial charge in [0.25, 0.3) is 0 Å². The van der Waals surface area contributed by atoms with Gasteiger partial charge in [-0.25, -0.2) is 8.78 Å². The summed E-state index contributed by atoms with van der Waals surface area (Å²) < 4.78 is 26.6. The average molecular weight is 486 g/mol. The number of nitriles is 1. The van der Waals surface area contributed by atoms with E-state index in [1.165, 1.54) is 24.3 Å². The van der Waals surface area contributed by atoms with Crippen molar-refractivity contribution in [3.05, 3.63) is 89.5 Å². The number of unbranched alkanes of at least 4 members (excludes halogenated alkanes) is 1. The maximum absolute atomic E-state index is 13.4. The van der Waals surface area contributed by atoms with E-state index in [9.17, 15) is 14.0 Å². The minimum Gasteiger partial charge on any atom is -0.369 e. The maximum atomic E-state index is 13.4. The number of aromatic nitrogens is 1. The molecule has 0 atom stereocenters. The number of nitrogens with zero attached hydrogens (tertiary/aromatic N) is 3. The van der Waals surface area contributed by atoms with Crippen molar-refractivity contribution in [3.63, 3.8) is 0 Å². The normalized spacial score (nSPS) is 14.2. The first kappa shape index (κ1) is 23.8. The van der Waals surface area contributed by atoms with E-state index in [2.05, 4.69) is 26.2 Å². The van der Waals surface area contributed by atoms with E-state index < -0.39 is 0 Å². The van der Waals surface area contributed by atoms with Crippen LogP contribution >= 0.6 is 0 Å². The van der Waals surface area contributed by atoms with Gasteiger partial charge in [0.1, 0.15) is 17.5 Å². The molecule has 0 bridgehead atoms. The van der Waals surface area contributed by atoms with Crippen LogP contribution in [0.15, 0.2) is 66.7 Å². The highest BCUT2D eigenvalue weighted by Gasteiger charge is 2.17. The number of hydrogen-bond donors (Lipinski definition) is 2. The smallest absolute Gasteiger partial charge is 0.123 e. The number of anilines is 3. The topological polar surface area (TPSA) is 58.1 Å². The number of H-pyrrole nitrogens is 1. The van der Waals surface area contributed by atoms with Crippen molar-refractivity contribution in [1.82, 2.24) is 9.88 Å². The van der Waals surface area contributed by atoms with Gasteiger partial charge in [-0.3, -0.25) is 4.90 Å². The lowest BCUT2D eigenvalue weighted by Crippen LogP contribution is -2.46. The van der Waals surface area contributed by atoms with Crippen LogP contribution in [-0.2, 0) is 6.42 Å². The molecule has 5 nitrogen and oxygen atoms in total. The van der Waals surface area contributed by atoms with Crippen molar-refractivity contribution >= 4 is 28.1 Å². The van der Waals surface area contributed by atoms with Crippen LogP contribution in [0, 0.1) is 23.0 Å². The third-order valence-electron chi connectivity index (χ3n) is 6.86. The van der Waals surface area contributed by atoms with E-state index in [-0.39, 0.29) is 11.6 Å². The number of halogens is 2. The zero-order valence-electron chi connectivity index (χ0n) is 20.1. The molecule has 0 spiro atoms. The van der Waals surface area contributed by atoms with Gasteiger partial charge in [0.15, 0.2) is 0 Å². The quantitative estimate of drug-likeness (QED) is 0.292. The number of aromatic amines is 1. The molecule has 0 radical (unpaired) electrons. The first-order valence-corrected chi connectivity index (χ1v) is 12.4. The molecule has 1 aromatic heterocycles. The lowest BCUT2D eigenvalue weighted by Gasteiger charge is -2.36. The van der Waals surface area contributed by atoms with Crippen LogP contribution in [0.5, 0.6) is 0 Å². The van der Waals surface area contributed by atoms with Crippen LogP contribution < -0.4 is 10.2 Å². The first-order valence-electron chi connectivity index (χ1n) is 12.4. The molecule has 4 aromatic rings. The number of rotatable bonds is 8. The van der Waals surface area contributed by atoms with E-state index >= 15 is 0 Å². The molecule has 1 aliphatic rings. The number of fused-ring (bicyclic) bond motifs is 1. The molecule has 1 saturated heterocycles. The summed E-state index contributed by atoms with van der Waals surface area (Å²) in [5, 5.41) is 13.8. The second-order valence-electron chi connectivity index (χ2n) is 9.24. The Morgan fingerprint density at radius 1 is 0.861 bits per heavy atom. The molecule has 2 heterocycles. The summed E-state index contributed by atoms with van der Waals surface area (Å²) in [6.07, 6.45) is 2.95. The Kier molecular flexibility index (Phi) is 7.15. The van der Waals surface area contributed by atoms with E-state index in [1.807, 2.05) is 30.3 Å². The van der Waals surface area contributed by atoms with Gasteiger partial charge in [-0.15, -0.1) is 0 Å². The first-order chi connectivity index (χ1) is 17.6. The van der Waals surface area contributed by atoms with Gasteiger partial charge in [0.2, 0.25) is 0 Å². The lowest BCUT2D eigenvalue weighted by molar-refractivity contribution is 0.253. The molecule has 1 fully saturated rings. The summed E-state index contributed by atoms with van der Waals surface area (Å²) >= 11 is 0. The van der Waals surface area contributed by atoms with Crippen LogP contribution in [0.4, 0.5) is 26.0 Å². The highest BCUT2D eigenvalue weighted by atomic mass is 19.1. The molecule has 3 aromatic carbocycles. The van der Waals surface area contributed by atoms with Crippen molar-refractivity contribution in [2.75, 3.05) is 42.9 Å². The Bertz CT molecular complexity index is 1350. The van der Waals surface area contributed by atoms with E-state index in [4.69, 9.17) is 0 Å². The van der Waals surface area contributed by atoms with Crippen LogP contribution in [0.3, 0.4) is 0 Å². The van der Waals surface area contributed by atoms with Crippen molar-refractivity contribution in [1.29, 1.82) is 5.26 Å². The molecule has 1 aliphatic heterocycles. The number of aryl methyl sites for hydroxylation is 1. The van der Waals surface area contributed by atoms with Crippen LogP contribution in [0.2, 0.25) is 0 Å². The molecule has 7 heteroatoms. The summed E-state index contributed by atoms with van der Waals surface area (Å²) in [5.41, 5.74) is 4.64. The Morgan fingerprint density at radius 3 is 2.25 bits per heavy atom. The third-order valence-corrected chi connectivity index (χ3v) is 6.86. The van der Waals surface area contributed by atoms with Crippen LogP contribution in [0.25, 0.3) is 10.9 Å². The van der Waals surface area contributed by atoms with Gasteiger partial charge < -0.3 is 15.2 Å². The number of benzene rings is 3. The summed E-state index contributed by atoms with van der Waals surface area (Å²) in [7, 11) is 0. The van der Waals surface area contributed by atoms with Gasteiger partial charge in [-0.1, -0.05) is 0 Å². The fraction of sp³-hybridized carbons (Fsp3) is 0.276. The molecule has 2 N–H and O–H groups in total. The van der Waals surface area contributed by atoms with Gasteiger partial charge in [-0.05, 0) is 92.5 Å². The summed E-state index contributed by atoms with van der Waals surface area (Å²) in [4.78, 5) is 8.23. The van der Waals surface area contributed by atoms with Crippen LogP contribution in [-0.4, -0.2) is 42.6 Å². The van der Waals surface area contributed by atoms with Crippen molar-refractivity contribution < 1.29 is 8.78 Å². The largest absolute Gasteiger partial charge is 0.369 e. The molecule has 36 heavy (non-hydrogen) atoms. The standard InChI is InChI=1S/C29H29F2N5/c30-22-5-9-24(10-6-22)33-29-26(27-19-21(20-32)4-13-28(27)34-29)3-1-2-14-35-15-17-36(18-16-35)25-11-7-23(31)8-12-25/h4-13,19,33-34H,1-3,14-18H2. The SMILES string of the molecule is N#Cc1ccc2[nH]c(Nc3ccc(F)cc3)c(CCCCN3CCN(c4ccc(F)cc4)CC3)c2c1. The van der Waals surface area contributed by atoms with Gasteiger partial charge in [-0.2, -0.15) is 5.26 Å². The summed E-state index contributed by atoms with van der Waals surface area (Å²) in [6, 6.07) is 21.0. The second-order valence-corrected chi connectivity index (χ2v) is 9.24. The molecule has 0 saturated carbocycles. The Morgan fingerprint density at radius 2 is 1.56 bits per heavy atom. The molecule has 0 amide bonds. The highest BCUT2D eigenvalue weighted by molar-refractivity contribution is 5.90. The fourth-order valence-corrected chi connectivity index (χ4v) is 4.88. The zero-order valence-corrected chi connectivity index (χ0v) is 20.1. The Labute approximate surface area is 210 Å². The maximum Gasteiger partial charge on any atom is 0.123 e. The molecular formula is C29H29F2N5. The molecule has 5 rings (SSSR count). The predicted molar refractivity (Wildman–Crippen MR) is 141 cm³/mol. The second kappa shape index (κ2) is 10.8. The monoisotopic (exact) mass is 485 g/mol. The zero-order chi connectivity index (χ0) is 24.9. The fourth-order valence-electron chi connectivity index (χ4n) is 4.88. The average Bonchev–Trinajstić information content (AvgIpc) is 3.24. The van der Waals surface area contributed by atoms with Gasteiger partial charge in [0.05, 0.1) is 11.6 Å². The predicted octanol–water partition coefficient (Wildman–Crippen LogP) is 6.21. The van der Waals surface area contributed by atoms with E-state index in [1.54, 1.807) is 12.1 Å². The number of piperazine rings is 1.